The predicted molar refractivity (Wildman–Crippen MR) is 126 cm³/mol. The van der Waals surface area contributed by atoms with Crippen molar-refractivity contribution in [3.8, 4) is 5.75 Å². The van der Waals surface area contributed by atoms with Crippen LogP contribution in [-0.4, -0.2) is 52.7 Å². The van der Waals surface area contributed by atoms with Crippen LogP contribution in [0.4, 0.5) is 17.1 Å². The smallest absolute Gasteiger partial charge is 0.277 e. The monoisotopic (exact) mass is 490 g/mol. The summed E-state index contributed by atoms with van der Waals surface area (Å²) in [7, 11) is 1.46. The highest BCUT2D eigenvalue weighted by Gasteiger charge is 2.35. The number of nitro benzene ring substituents is 2. The lowest BCUT2D eigenvalue weighted by Crippen LogP contribution is -2.41. The number of imide groups is 1. The van der Waals surface area contributed by atoms with E-state index in [9.17, 15) is 34.6 Å². The molecule has 0 aromatic heterocycles. The molecule has 182 valence electrons. The zero-order valence-corrected chi connectivity index (χ0v) is 18.8. The Balaban J connectivity index is 1.69. The molecule has 3 amide bonds. The molecule has 0 unspecified atom stereocenters. The number of anilines is 1. The number of methoxy groups -OCH3 is 1. The van der Waals surface area contributed by atoms with Gasteiger partial charge in [-0.1, -0.05) is 12.1 Å². The van der Waals surface area contributed by atoms with E-state index in [-0.39, 0.29) is 29.8 Å². The van der Waals surface area contributed by atoms with Gasteiger partial charge in [-0.3, -0.25) is 39.5 Å². The average Bonchev–Trinajstić information content (AvgIpc) is 3.13. The summed E-state index contributed by atoms with van der Waals surface area (Å²) in [5, 5.41) is 22.6. The highest BCUT2D eigenvalue weighted by Crippen LogP contribution is 2.27. The van der Waals surface area contributed by atoms with Crippen molar-refractivity contribution >= 4 is 34.8 Å². The zero-order valence-electron chi connectivity index (χ0n) is 18.8. The van der Waals surface area contributed by atoms with Crippen LogP contribution in [0.5, 0.6) is 5.75 Å². The first-order valence-corrected chi connectivity index (χ1v) is 10.6. The fraction of sp³-hybridized carbons (Fsp3) is 0.125. The van der Waals surface area contributed by atoms with Crippen LogP contribution in [0.2, 0.25) is 0 Å². The molecule has 0 spiro atoms. The molecule has 12 heteroatoms. The van der Waals surface area contributed by atoms with Crippen molar-refractivity contribution in [1.29, 1.82) is 0 Å². The topological polar surface area (TPSA) is 153 Å². The number of carbonyl (C=O) groups excluding carboxylic acids is 3. The third kappa shape index (κ3) is 4.46. The molecule has 0 N–H and O–H groups in total. The van der Waals surface area contributed by atoms with Crippen molar-refractivity contribution < 1.29 is 29.0 Å². The minimum Gasteiger partial charge on any atom is -0.497 e. The Kier molecular flexibility index (Phi) is 6.42. The van der Waals surface area contributed by atoms with Crippen LogP contribution in [0.1, 0.15) is 31.1 Å². The van der Waals surface area contributed by atoms with Gasteiger partial charge in [-0.2, -0.15) is 0 Å². The van der Waals surface area contributed by atoms with Crippen molar-refractivity contribution in [2.45, 2.75) is 0 Å². The molecule has 0 saturated heterocycles. The fourth-order valence-corrected chi connectivity index (χ4v) is 3.84. The summed E-state index contributed by atoms with van der Waals surface area (Å²) in [5.41, 5.74) is -0.718. The molecule has 1 aliphatic rings. The van der Waals surface area contributed by atoms with E-state index in [0.29, 0.717) is 11.4 Å². The molecule has 0 atom stereocenters. The number of ether oxygens (including phenoxy) is 1. The van der Waals surface area contributed by atoms with E-state index in [0.717, 1.165) is 23.1 Å². The van der Waals surface area contributed by atoms with Gasteiger partial charge in [0, 0.05) is 30.9 Å². The molecule has 1 aliphatic heterocycles. The van der Waals surface area contributed by atoms with E-state index in [2.05, 4.69) is 0 Å². The lowest BCUT2D eigenvalue weighted by molar-refractivity contribution is -0.394. The minimum absolute atomic E-state index is 0.173. The van der Waals surface area contributed by atoms with Crippen molar-refractivity contribution in [3.63, 3.8) is 0 Å². The molecular weight excluding hydrogens is 472 g/mol. The summed E-state index contributed by atoms with van der Waals surface area (Å²) in [6.07, 6.45) is 0. The van der Waals surface area contributed by atoms with Crippen LogP contribution in [0, 0.1) is 20.2 Å². The number of rotatable bonds is 8. The third-order valence-corrected chi connectivity index (χ3v) is 5.63. The van der Waals surface area contributed by atoms with E-state index in [4.69, 9.17) is 4.74 Å². The second kappa shape index (κ2) is 9.62. The number of benzene rings is 3. The van der Waals surface area contributed by atoms with Crippen LogP contribution < -0.4 is 9.64 Å². The quantitative estimate of drug-likeness (QED) is 0.264. The van der Waals surface area contributed by atoms with Crippen LogP contribution >= 0.6 is 0 Å². The molecule has 0 aliphatic carbocycles. The fourth-order valence-electron chi connectivity index (χ4n) is 3.84. The standard InChI is InChI=1S/C24H18N4O8/c1-36-19-8-6-16(7-9-19)25(10-11-26-23(30)20-4-2-3-5-21(20)24(26)31)22(29)15-12-17(27(32)33)14-18(13-15)28(34)35/h2-9,12-14H,10-11H2,1H3. The number of nitro groups is 2. The molecule has 3 aromatic rings. The number of non-ortho nitro benzene ring substituents is 2. The Morgan fingerprint density at radius 3 is 1.89 bits per heavy atom. The van der Waals surface area contributed by atoms with Gasteiger partial charge < -0.3 is 9.64 Å². The second-order valence-electron chi connectivity index (χ2n) is 7.71. The molecular formula is C24H18N4O8. The van der Waals surface area contributed by atoms with Gasteiger partial charge in [0.25, 0.3) is 29.1 Å². The number of fused-ring (bicyclic) bond motifs is 1. The molecule has 0 saturated carbocycles. The van der Waals surface area contributed by atoms with Gasteiger partial charge >= 0.3 is 0 Å². The van der Waals surface area contributed by atoms with Gasteiger partial charge in [0.1, 0.15) is 5.75 Å². The maximum Gasteiger partial charge on any atom is 0.277 e. The largest absolute Gasteiger partial charge is 0.497 e. The molecule has 0 radical (unpaired) electrons. The van der Waals surface area contributed by atoms with Crippen LogP contribution in [0.3, 0.4) is 0 Å². The van der Waals surface area contributed by atoms with Crippen molar-refractivity contribution in [1.82, 2.24) is 4.90 Å². The summed E-state index contributed by atoms with van der Waals surface area (Å²) in [6.45, 7) is -0.353. The van der Waals surface area contributed by atoms with Gasteiger partial charge in [-0.25, -0.2) is 0 Å². The summed E-state index contributed by atoms with van der Waals surface area (Å²) in [6, 6.07) is 15.2. The summed E-state index contributed by atoms with van der Waals surface area (Å²) in [4.78, 5) is 62.1. The molecule has 0 bridgehead atoms. The number of amides is 3. The van der Waals surface area contributed by atoms with Gasteiger partial charge in [-0.15, -0.1) is 0 Å². The molecule has 0 fully saturated rings. The highest BCUT2D eigenvalue weighted by atomic mass is 16.6. The summed E-state index contributed by atoms with van der Waals surface area (Å²) < 4.78 is 5.13. The lowest BCUT2D eigenvalue weighted by Gasteiger charge is -2.25. The molecule has 36 heavy (non-hydrogen) atoms. The van der Waals surface area contributed by atoms with Crippen molar-refractivity contribution in [2.75, 3.05) is 25.1 Å². The predicted octanol–water partition coefficient (Wildman–Crippen LogP) is 3.45. The first-order valence-electron chi connectivity index (χ1n) is 10.6. The molecule has 12 nitrogen and oxygen atoms in total. The van der Waals surface area contributed by atoms with E-state index in [1.54, 1.807) is 36.4 Å². The average molecular weight is 490 g/mol. The van der Waals surface area contributed by atoms with Crippen molar-refractivity contribution in [2.24, 2.45) is 0 Å². The Morgan fingerprint density at radius 1 is 0.889 bits per heavy atom. The van der Waals surface area contributed by atoms with E-state index >= 15 is 0 Å². The Hall–Kier alpha value is -5.13. The normalized spacial score (nSPS) is 12.3. The van der Waals surface area contributed by atoms with E-state index in [1.807, 2.05) is 0 Å². The highest BCUT2D eigenvalue weighted by molar-refractivity contribution is 6.21. The molecule has 3 aromatic carbocycles. The zero-order chi connectivity index (χ0) is 26.0. The van der Waals surface area contributed by atoms with Crippen LogP contribution in [0.15, 0.2) is 66.7 Å². The first-order chi connectivity index (χ1) is 17.2. The number of hydrogen-bond donors (Lipinski definition) is 0. The number of nitrogens with zero attached hydrogens (tertiary/aromatic N) is 4. The Bertz CT molecular complexity index is 1340. The third-order valence-electron chi connectivity index (χ3n) is 5.63. The molecule has 1 heterocycles. The Labute approximate surface area is 203 Å². The van der Waals surface area contributed by atoms with E-state index in [1.165, 1.54) is 24.1 Å². The number of carbonyl (C=O) groups is 3. The maximum atomic E-state index is 13.5. The first kappa shape index (κ1) is 24.0. The van der Waals surface area contributed by atoms with Crippen LogP contribution in [0.25, 0.3) is 0 Å². The Morgan fingerprint density at radius 2 is 1.42 bits per heavy atom. The summed E-state index contributed by atoms with van der Waals surface area (Å²) >= 11 is 0. The minimum atomic E-state index is -0.833. The lowest BCUT2D eigenvalue weighted by atomic mass is 10.1. The van der Waals surface area contributed by atoms with Gasteiger partial charge in [0.15, 0.2) is 0 Å². The van der Waals surface area contributed by atoms with Gasteiger partial charge in [0.2, 0.25) is 0 Å². The van der Waals surface area contributed by atoms with Crippen LogP contribution in [-0.2, 0) is 0 Å². The second-order valence-corrected chi connectivity index (χ2v) is 7.71. The maximum absolute atomic E-state index is 13.5. The van der Waals surface area contributed by atoms with Gasteiger partial charge in [0.05, 0.1) is 39.7 Å². The molecule has 4 rings (SSSR count). The van der Waals surface area contributed by atoms with Gasteiger partial charge in [-0.05, 0) is 36.4 Å². The SMILES string of the molecule is COc1ccc(N(CCN2C(=O)c3ccccc3C2=O)C(=O)c2cc([N+](=O)[O-])cc([N+](=O)[O-])c2)cc1. The summed E-state index contributed by atoms with van der Waals surface area (Å²) in [5.74, 6) is -1.31. The van der Waals surface area contributed by atoms with Crippen molar-refractivity contribution in [3.05, 3.63) is 104 Å². The van der Waals surface area contributed by atoms with E-state index < -0.39 is 38.9 Å². The number of hydrogen-bond acceptors (Lipinski definition) is 8.